The molecule has 1 heteroatoms. The van der Waals surface area contributed by atoms with Gasteiger partial charge < -0.3 is 0 Å². The number of benzene rings is 2. The van der Waals surface area contributed by atoms with Crippen molar-refractivity contribution < 1.29 is 0 Å². The van der Waals surface area contributed by atoms with E-state index < -0.39 is 0 Å². The third kappa shape index (κ3) is 4.01. The summed E-state index contributed by atoms with van der Waals surface area (Å²) < 4.78 is 0. The van der Waals surface area contributed by atoms with E-state index in [1.54, 1.807) is 0 Å². The van der Waals surface area contributed by atoms with Crippen LogP contribution in [0.3, 0.4) is 0 Å². The van der Waals surface area contributed by atoms with E-state index in [-0.39, 0.29) is 0 Å². The topological polar surface area (TPSA) is 0 Å². The molecule has 0 fully saturated rings. The molecule has 2 aromatic carbocycles. The first-order valence-corrected chi connectivity index (χ1v) is 8.02. The second-order valence-corrected chi connectivity index (χ2v) is 6.21. The lowest BCUT2D eigenvalue weighted by Gasteiger charge is -2.16. The van der Waals surface area contributed by atoms with E-state index in [0.29, 0.717) is 5.92 Å². The van der Waals surface area contributed by atoms with Crippen LogP contribution in [0.1, 0.15) is 37.3 Å². The first kappa shape index (κ1) is 14.9. The summed E-state index contributed by atoms with van der Waals surface area (Å²) in [5.41, 5.74) is 2.69. The lowest BCUT2D eigenvalue weighted by Crippen LogP contribution is -1.95. The quantitative estimate of drug-likeness (QED) is 0.590. The molecule has 0 aliphatic carbocycles. The molecule has 0 saturated heterocycles. The molecule has 1 atom stereocenters. The van der Waals surface area contributed by atoms with Gasteiger partial charge in [0.15, 0.2) is 0 Å². The third-order valence-corrected chi connectivity index (χ3v) is 4.65. The Labute approximate surface area is 126 Å². The summed E-state index contributed by atoms with van der Waals surface area (Å²) in [5, 5.41) is 0. The van der Waals surface area contributed by atoms with E-state index in [2.05, 4.69) is 81.4 Å². The Kier molecular flexibility index (Phi) is 5.49. The van der Waals surface area contributed by atoms with Crippen molar-refractivity contribution in [3.8, 4) is 0 Å². The van der Waals surface area contributed by atoms with Crippen LogP contribution in [0.5, 0.6) is 0 Å². The summed E-state index contributed by atoms with van der Waals surface area (Å²) in [7, 11) is 0. The predicted octanol–water partition coefficient (Wildman–Crippen LogP) is 6.18. The summed E-state index contributed by atoms with van der Waals surface area (Å²) in [6, 6.07) is 19.5. The van der Waals surface area contributed by atoms with E-state index in [9.17, 15) is 0 Å². The fourth-order valence-electron chi connectivity index (χ4n) is 2.16. The zero-order valence-electron chi connectivity index (χ0n) is 12.5. The Morgan fingerprint density at radius 2 is 1.70 bits per heavy atom. The molecule has 2 aromatic rings. The fourth-order valence-corrected chi connectivity index (χ4v) is 3.26. The van der Waals surface area contributed by atoms with Crippen LogP contribution >= 0.6 is 11.8 Å². The normalized spacial score (nSPS) is 13.2. The van der Waals surface area contributed by atoms with Gasteiger partial charge >= 0.3 is 0 Å². The maximum absolute atomic E-state index is 2.35. The van der Waals surface area contributed by atoms with Crippen LogP contribution in [0, 0.1) is 6.92 Å². The first-order valence-electron chi connectivity index (χ1n) is 7.20. The number of allylic oxidation sites excluding steroid dienone is 2. The Balaban J connectivity index is 2.19. The summed E-state index contributed by atoms with van der Waals surface area (Å²) in [6.07, 6.45) is 3.42. The maximum atomic E-state index is 2.35. The SMILES string of the molecule is CC/C=C(/Sc1ccc(C)cc1)[C@@H](C)c1ccccc1. The molecule has 2 rings (SSSR count). The molecule has 20 heavy (non-hydrogen) atoms. The van der Waals surface area contributed by atoms with Crippen molar-refractivity contribution in [3.63, 3.8) is 0 Å². The molecular weight excluding hydrogens is 260 g/mol. The predicted molar refractivity (Wildman–Crippen MR) is 90.3 cm³/mol. The van der Waals surface area contributed by atoms with E-state index in [1.807, 2.05) is 11.8 Å². The molecule has 104 valence electrons. The first-order chi connectivity index (χ1) is 9.70. The zero-order chi connectivity index (χ0) is 14.4. The van der Waals surface area contributed by atoms with Crippen molar-refractivity contribution >= 4 is 11.8 Å². The molecule has 0 heterocycles. The van der Waals surface area contributed by atoms with Crippen molar-refractivity contribution in [2.45, 2.75) is 38.0 Å². The van der Waals surface area contributed by atoms with Gasteiger partial charge in [0.25, 0.3) is 0 Å². The molecule has 0 nitrogen and oxygen atoms in total. The van der Waals surface area contributed by atoms with Crippen LogP contribution in [-0.4, -0.2) is 0 Å². The molecule has 0 amide bonds. The smallest absolute Gasteiger partial charge is 0.0121 e. The van der Waals surface area contributed by atoms with Crippen LogP contribution in [0.2, 0.25) is 0 Å². The fraction of sp³-hybridized carbons (Fsp3) is 0.263. The summed E-state index contributed by atoms with van der Waals surface area (Å²) >= 11 is 1.89. The van der Waals surface area contributed by atoms with Gasteiger partial charge in [0.1, 0.15) is 0 Å². The van der Waals surface area contributed by atoms with E-state index >= 15 is 0 Å². The Morgan fingerprint density at radius 1 is 1.05 bits per heavy atom. The van der Waals surface area contributed by atoms with Gasteiger partial charge in [0.2, 0.25) is 0 Å². The minimum Gasteiger partial charge on any atom is -0.0943 e. The molecule has 0 saturated carbocycles. The van der Waals surface area contributed by atoms with Gasteiger partial charge in [-0.05, 0) is 35.9 Å². The molecule has 0 radical (unpaired) electrons. The summed E-state index contributed by atoms with van der Waals surface area (Å²) in [6.45, 7) is 6.62. The highest BCUT2D eigenvalue weighted by Gasteiger charge is 2.12. The van der Waals surface area contributed by atoms with Crippen molar-refractivity contribution in [3.05, 3.63) is 76.7 Å². The van der Waals surface area contributed by atoms with Gasteiger partial charge in [-0.25, -0.2) is 0 Å². The average molecular weight is 282 g/mol. The average Bonchev–Trinajstić information content (AvgIpc) is 2.49. The van der Waals surface area contributed by atoms with Crippen molar-refractivity contribution in [2.75, 3.05) is 0 Å². The minimum absolute atomic E-state index is 0.447. The zero-order valence-corrected chi connectivity index (χ0v) is 13.3. The third-order valence-electron chi connectivity index (χ3n) is 3.39. The Hall–Kier alpha value is -1.47. The van der Waals surface area contributed by atoms with Crippen LogP contribution in [0.15, 0.2) is 70.5 Å². The lowest BCUT2D eigenvalue weighted by atomic mass is 10.0. The number of thioether (sulfide) groups is 1. The van der Waals surface area contributed by atoms with Crippen molar-refractivity contribution in [2.24, 2.45) is 0 Å². The van der Waals surface area contributed by atoms with Gasteiger partial charge in [-0.1, -0.05) is 79.7 Å². The second kappa shape index (κ2) is 7.35. The van der Waals surface area contributed by atoms with Crippen molar-refractivity contribution in [1.29, 1.82) is 0 Å². The molecule has 0 N–H and O–H groups in total. The lowest BCUT2D eigenvalue weighted by molar-refractivity contribution is 0.939. The van der Waals surface area contributed by atoms with Crippen molar-refractivity contribution in [1.82, 2.24) is 0 Å². The van der Waals surface area contributed by atoms with Crippen LogP contribution in [-0.2, 0) is 0 Å². The van der Waals surface area contributed by atoms with Gasteiger partial charge in [-0.3, -0.25) is 0 Å². The minimum atomic E-state index is 0.447. The number of hydrogen-bond donors (Lipinski definition) is 0. The highest BCUT2D eigenvalue weighted by molar-refractivity contribution is 8.03. The van der Waals surface area contributed by atoms with Gasteiger partial charge in [0, 0.05) is 10.8 Å². The maximum Gasteiger partial charge on any atom is 0.0121 e. The molecule has 0 aliphatic rings. The van der Waals surface area contributed by atoms with E-state index in [0.717, 1.165) is 6.42 Å². The summed E-state index contributed by atoms with van der Waals surface area (Å²) in [4.78, 5) is 2.75. The van der Waals surface area contributed by atoms with Crippen LogP contribution in [0.4, 0.5) is 0 Å². The van der Waals surface area contributed by atoms with Crippen LogP contribution in [0.25, 0.3) is 0 Å². The van der Waals surface area contributed by atoms with Gasteiger partial charge in [0.05, 0.1) is 0 Å². The Bertz CT molecular complexity index is 552. The number of rotatable bonds is 5. The second-order valence-electron chi connectivity index (χ2n) is 5.06. The number of hydrogen-bond acceptors (Lipinski definition) is 1. The molecule has 0 bridgehead atoms. The summed E-state index contributed by atoms with van der Waals surface area (Å²) in [5.74, 6) is 0.447. The van der Waals surface area contributed by atoms with Gasteiger partial charge in [-0.15, -0.1) is 0 Å². The molecular formula is C19H22S. The van der Waals surface area contributed by atoms with E-state index in [1.165, 1.54) is 20.9 Å². The molecule has 0 aromatic heterocycles. The highest BCUT2D eigenvalue weighted by Crippen LogP contribution is 2.37. The van der Waals surface area contributed by atoms with Gasteiger partial charge in [-0.2, -0.15) is 0 Å². The van der Waals surface area contributed by atoms with Crippen LogP contribution < -0.4 is 0 Å². The molecule has 0 unspecified atom stereocenters. The van der Waals surface area contributed by atoms with E-state index in [4.69, 9.17) is 0 Å². The molecule has 0 aliphatic heterocycles. The number of aryl methyl sites for hydroxylation is 1. The standard InChI is InChI=1S/C19H22S/c1-4-8-19(16(3)17-9-6-5-7-10-17)20-18-13-11-15(2)12-14-18/h5-14,16H,4H2,1-3H3/b19-8+/t16-/m0/s1. The molecule has 0 spiro atoms. The largest absolute Gasteiger partial charge is 0.0943 e. The Morgan fingerprint density at radius 3 is 2.30 bits per heavy atom. The highest BCUT2D eigenvalue weighted by atomic mass is 32.2. The monoisotopic (exact) mass is 282 g/mol.